The predicted molar refractivity (Wildman–Crippen MR) is 98.8 cm³/mol. The van der Waals surface area contributed by atoms with E-state index in [0.29, 0.717) is 11.6 Å². The van der Waals surface area contributed by atoms with Crippen LogP contribution >= 0.6 is 0 Å². The van der Waals surface area contributed by atoms with Crippen LogP contribution in [0.1, 0.15) is 42.0 Å². The number of aliphatic hydroxyl groups is 1. The standard InChI is InChI=1S/C20H22N4O3/c1-13(25)16-10-21-24(12-16)11-14-7-17(8-14)22-20(26)19-9-18(23-27-19)15-5-3-2-4-6-15/h2-6,9-10,12-14,17,25H,7-8,11H2,1H3,(H,22,26)/t13-,14-,17-/m0/s1. The summed E-state index contributed by atoms with van der Waals surface area (Å²) >= 11 is 0. The second kappa shape index (κ2) is 7.36. The molecule has 1 aliphatic carbocycles. The summed E-state index contributed by atoms with van der Waals surface area (Å²) < 4.78 is 7.05. The molecule has 0 radical (unpaired) electrons. The lowest BCUT2D eigenvalue weighted by atomic mass is 9.80. The van der Waals surface area contributed by atoms with E-state index in [1.165, 1.54) is 0 Å². The van der Waals surface area contributed by atoms with Crippen molar-refractivity contribution >= 4 is 5.91 Å². The molecule has 0 aliphatic heterocycles. The fourth-order valence-corrected chi connectivity index (χ4v) is 3.35. The van der Waals surface area contributed by atoms with Crippen LogP contribution in [0.25, 0.3) is 11.3 Å². The molecular weight excluding hydrogens is 344 g/mol. The maximum atomic E-state index is 12.3. The Balaban J connectivity index is 1.27. The van der Waals surface area contributed by atoms with E-state index in [1.54, 1.807) is 19.2 Å². The Kier molecular flexibility index (Phi) is 4.77. The van der Waals surface area contributed by atoms with Gasteiger partial charge in [-0.05, 0) is 25.7 Å². The summed E-state index contributed by atoms with van der Waals surface area (Å²) in [6.45, 7) is 2.52. The number of carbonyl (C=O) groups excluding carboxylic acids is 1. The molecule has 1 fully saturated rings. The van der Waals surface area contributed by atoms with Gasteiger partial charge in [0.05, 0.1) is 12.3 Å². The summed E-state index contributed by atoms with van der Waals surface area (Å²) in [4.78, 5) is 12.3. The van der Waals surface area contributed by atoms with Crippen molar-refractivity contribution in [2.45, 2.75) is 38.5 Å². The first kappa shape index (κ1) is 17.5. The molecule has 2 heterocycles. The zero-order valence-electron chi connectivity index (χ0n) is 15.1. The lowest BCUT2D eigenvalue weighted by Gasteiger charge is -2.35. The van der Waals surface area contributed by atoms with Crippen LogP contribution in [0.3, 0.4) is 0 Å². The van der Waals surface area contributed by atoms with E-state index in [0.717, 1.165) is 30.5 Å². The number of nitrogens with zero attached hydrogens (tertiary/aromatic N) is 3. The van der Waals surface area contributed by atoms with Gasteiger partial charge < -0.3 is 14.9 Å². The number of benzene rings is 1. The van der Waals surface area contributed by atoms with Gasteiger partial charge in [0, 0.05) is 36.0 Å². The average Bonchev–Trinajstić information content (AvgIpc) is 3.30. The summed E-state index contributed by atoms with van der Waals surface area (Å²) in [5.41, 5.74) is 2.39. The number of amides is 1. The first-order valence-corrected chi connectivity index (χ1v) is 9.12. The Hall–Kier alpha value is -2.93. The molecule has 0 unspecified atom stereocenters. The Morgan fingerprint density at radius 3 is 2.85 bits per heavy atom. The van der Waals surface area contributed by atoms with Crippen LogP contribution in [-0.4, -0.2) is 32.0 Å². The van der Waals surface area contributed by atoms with Gasteiger partial charge in [-0.15, -0.1) is 0 Å². The summed E-state index contributed by atoms with van der Waals surface area (Å²) in [7, 11) is 0. The highest BCUT2D eigenvalue weighted by Gasteiger charge is 2.31. The van der Waals surface area contributed by atoms with Gasteiger partial charge in [0.25, 0.3) is 5.91 Å². The number of aromatic nitrogens is 3. The summed E-state index contributed by atoms with van der Waals surface area (Å²) in [5, 5.41) is 20.8. The SMILES string of the molecule is C[C@H](O)c1cnn(C[C@H]2C[C@H](NC(=O)c3cc(-c4ccccc4)no3)C2)c1. The molecule has 0 bridgehead atoms. The maximum Gasteiger partial charge on any atom is 0.290 e. The van der Waals surface area contributed by atoms with E-state index in [9.17, 15) is 9.90 Å². The van der Waals surface area contributed by atoms with Crippen molar-refractivity contribution in [2.75, 3.05) is 0 Å². The number of rotatable bonds is 6. The minimum Gasteiger partial charge on any atom is -0.389 e. The van der Waals surface area contributed by atoms with Gasteiger partial charge in [-0.25, -0.2) is 0 Å². The number of aliphatic hydroxyl groups excluding tert-OH is 1. The highest BCUT2D eigenvalue weighted by Crippen LogP contribution is 2.29. The molecular formula is C20H22N4O3. The maximum absolute atomic E-state index is 12.3. The predicted octanol–water partition coefficient (Wildman–Crippen LogP) is 2.80. The van der Waals surface area contributed by atoms with E-state index in [1.807, 2.05) is 41.2 Å². The van der Waals surface area contributed by atoms with Crippen LogP contribution in [0, 0.1) is 5.92 Å². The number of carbonyl (C=O) groups is 1. The van der Waals surface area contributed by atoms with Gasteiger partial charge in [-0.3, -0.25) is 9.48 Å². The van der Waals surface area contributed by atoms with E-state index in [2.05, 4.69) is 15.6 Å². The lowest BCUT2D eigenvalue weighted by Crippen LogP contribution is -2.45. The monoisotopic (exact) mass is 366 g/mol. The molecule has 3 aromatic rings. The number of hydrogen-bond donors (Lipinski definition) is 2. The fraction of sp³-hybridized carbons (Fsp3) is 0.350. The fourth-order valence-electron chi connectivity index (χ4n) is 3.35. The van der Waals surface area contributed by atoms with E-state index in [4.69, 9.17) is 4.52 Å². The third-order valence-corrected chi connectivity index (χ3v) is 4.96. The van der Waals surface area contributed by atoms with Crippen LogP contribution in [0.2, 0.25) is 0 Å². The highest BCUT2D eigenvalue weighted by atomic mass is 16.5. The van der Waals surface area contributed by atoms with Gasteiger partial charge in [0.2, 0.25) is 5.76 Å². The Labute approximate surface area is 157 Å². The van der Waals surface area contributed by atoms with Crippen molar-refractivity contribution in [3.05, 3.63) is 60.1 Å². The molecule has 7 heteroatoms. The number of hydrogen-bond acceptors (Lipinski definition) is 5. The molecule has 1 amide bonds. The molecule has 1 aliphatic rings. The van der Waals surface area contributed by atoms with Crippen LogP contribution in [0.5, 0.6) is 0 Å². The zero-order chi connectivity index (χ0) is 18.8. The second-order valence-corrected chi connectivity index (χ2v) is 7.12. The zero-order valence-corrected chi connectivity index (χ0v) is 15.1. The molecule has 140 valence electrons. The van der Waals surface area contributed by atoms with Gasteiger partial charge in [0.1, 0.15) is 5.69 Å². The average molecular weight is 366 g/mol. The smallest absolute Gasteiger partial charge is 0.290 e. The molecule has 1 atom stereocenters. The van der Waals surface area contributed by atoms with E-state index >= 15 is 0 Å². The molecule has 0 saturated heterocycles. The molecule has 27 heavy (non-hydrogen) atoms. The van der Waals surface area contributed by atoms with Crippen LogP contribution in [0.15, 0.2) is 53.3 Å². The molecule has 2 N–H and O–H groups in total. The molecule has 7 nitrogen and oxygen atoms in total. The molecule has 1 aromatic carbocycles. The minimum absolute atomic E-state index is 0.138. The Bertz CT molecular complexity index is 910. The second-order valence-electron chi connectivity index (χ2n) is 7.12. The quantitative estimate of drug-likeness (QED) is 0.700. The van der Waals surface area contributed by atoms with Crippen molar-refractivity contribution in [3.8, 4) is 11.3 Å². The van der Waals surface area contributed by atoms with Gasteiger partial charge in [-0.2, -0.15) is 5.10 Å². The number of nitrogens with one attached hydrogen (secondary N) is 1. The lowest BCUT2D eigenvalue weighted by molar-refractivity contribution is 0.0842. The third-order valence-electron chi connectivity index (χ3n) is 4.96. The van der Waals surface area contributed by atoms with Gasteiger partial charge in [-0.1, -0.05) is 35.5 Å². The molecule has 4 rings (SSSR count). The molecule has 2 aromatic heterocycles. The summed E-state index contributed by atoms with van der Waals surface area (Å²) in [6.07, 6.45) is 4.85. The van der Waals surface area contributed by atoms with Crippen molar-refractivity contribution in [1.82, 2.24) is 20.3 Å². The normalized spacial score (nSPS) is 20.1. The van der Waals surface area contributed by atoms with Gasteiger partial charge in [0.15, 0.2) is 0 Å². The Morgan fingerprint density at radius 2 is 2.15 bits per heavy atom. The largest absolute Gasteiger partial charge is 0.389 e. The van der Waals surface area contributed by atoms with E-state index in [-0.39, 0.29) is 17.7 Å². The first-order chi connectivity index (χ1) is 13.1. The van der Waals surface area contributed by atoms with Crippen LogP contribution in [0.4, 0.5) is 0 Å². The van der Waals surface area contributed by atoms with Crippen molar-refractivity contribution in [2.24, 2.45) is 5.92 Å². The van der Waals surface area contributed by atoms with Crippen molar-refractivity contribution in [1.29, 1.82) is 0 Å². The minimum atomic E-state index is -0.505. The van der Waals surface area contributed by atoms with Crippen LogP contribution in [-0.2, 0) is 6.54 Å². The molecule has 0 spiro atoms. The van der Waals surface area contributed by atoms with Crippen molar-refractivity contribution in [3.63, 3.8) is 0 Å². The van der Waals surface area contributed by atoms with Gasteiger partial charge >= 0.3 is 0 Å². The third kappa shape index (κ3) is 3.93. The topological polar surface area (TPSA) is 93.2 Å². The molecule has 1 saturated carbocycles. The highest BCUT2D eigenvalue weighted by molar-refractivity contribution is 5.92. The summed E-state index contributed by atoms with van der Waals surface area (Å²) in [6, 6.07) is 11.4. The first-order valence-electron chi connectivity index (χ1n) is 9.12. The van der Waals surface area contributed by atoms with Crippen molar-refractivity contribution < 1.29 is 14.4 Å². The Morgan fingerprint density at radius 1 is 1.37 bits per heavy atom. The van der Waals surface area contributed by atoms with E-state index < -0.39 is 6.10 Å². The summed E-state index contributed by atoms with van der Waals surface area (Å²) in [5.74, 6) is 0.459. The van der Waals surface area contributed by atoms with Crippen LogP contribution < -0.4 is 5.32 Å².